The van der Waals surface area contributed by atoms with Crippen LogP contribution in [0.25, 0.3) is 11.1 Å². The van der Waals surface area contributed by atoms with E-state index >= 15 is 0 Å². The van der Waals surface area contributed by atoms with Crippen molar-refractivity contribution in [1.29, 1.82) is 0 Å². The van der Waals surface area contributed by atoms with Crippen molar-refractivity contribution in [2.75, 3.05) is 19.7 Å². The number of nitrogens with zero attached hydrogens (tertiary/aromatic N) is 1. The summed E-state index contributed by atoms with van der Waals surface area (Å²) < 4.78 is 46.2. The van der Waals surface area contributed by atoms with Crippen LogP contribution in [0.2, 0.25) is 0 Å². The molecule has 1 atom stereocenters. The number of Topliss-reactive ketones (excluding diaryl/α,β-unsaturated/α-hetero) is 1. The monoisotopic (exact) mass is 397 g/mol. The molecule has 0 aliphatic carbocycles. The summed E-state index contributed by atoms with van der Waals surface area (Å²) >= 11 is 0.531. The van der Waals surface area contributed by atoms with Crippen LogP contribution < -0.4 is 0 Å². The van der Waals surface area contributed by atoms with Gasteiger partial charge < -0.3 is 4.74 Å². The van der Waals surface area contributed by atoms with Gasteiger partial charge >= 0.3 is 6.18 Å². The second kappa shape index (κ2) is 8.54. The molecule has 1 aromatic carbocycles. The zero-order valence-corrected chi connectivity index (χ0v) is 15.9. The third-order valence-corrected chi connectivity index (χ3v) is 5.83. The number of ether oxygens (including phenoxy) is 1. The van der Waals surface area contributed by atoms with Gasteiger partial charge in [0.25, 0.3) is 0 Å². The molecule has 7 heteroatoms. The fourth-order valence-corrected chi connectivity index (χ4v) is 4.33. The van der Waals surface area contributed by atoms with Crippen molar-refractivity contribution >= 4 is 17.1 Å². The van der Waals surface area contributed by atoms with Crippen molar-refractivity contribution in [3.8, 4) is 11.1 Å². The number of alkyl halides is 3. The van der Waals surface area contributed by atoms with E-state index in [1.165, 1.54) is 6.07 Å². The molecule has 1 unspecified atom stereocenters. The Kier molecular flexibility index (Phi) is 6.34. The zero-order chi connectivity index (χ0) is 19.4. The second-order valence-electron chi connectivity index (χ2n) is 6.52. The van der Waals surface area contributed by atoms with Crippen LogP contribution in [0.5, 0.6) is 0 Å². The Morgan fingerprint density at radius 3 is 2.67 bits per heavy atom. The van der Waals surface area contributed by atoms with Crippen LogP contribution in [0.1, 0.15) is 40.7 Å². The molecule has 1 saturated heterocycles. The Morgan fingerprint density at radius 1 is 1.26 bits per heavy atom. The third kappa shape index (κ3) is 4.78. The van der Waals surface area contributed by atoms with E-state index in [1.54, 1.807) is 30.3 Å². The molecule has 0 bridgehead atoms. The first kappa shape index (κ1) is 20.0. The number of benzene rings is 1. The molecule has 2 aromatic rings. The molecule has 1 aromatic heterocycles. The van der Waals surface area contributed by atoms with Crippen LogP contribution in [-0.2, 0) is 10.9 Å². The van der Waals surface area contributed by atoms with Gasteiger partial charge in [-0.25, -0.2) is 0 Å². The molecule has 2 heterocycles. The van der Waals surface area contributed by atoms with Crippen LogP contribution in [0.4, 0.5) is 13.2 Å². The molecule has 1 aliphatic rings. The average Bonchev–Trinajstić information content (AvgIpc) is 3.10. The highest BCUT2D eigenvalue weighted by Crippen LogP contribution is 2.43. The first-order valence-corrected chi connectivity index (χ1v) is 9.87. The smallest absolute Gasteiger partial charge is 0.363 e. The molecule has 3 rings (SSSR count). The molecule has 146 valence electrons. The molecular weight excluding hydrogens is 375 g/mol. The molecular formula is C20H22F3NO2S. The lowest BCUT2D eigenvalue weighted by Gasteiger charge is -2.34. The predicted octanol–water partition coefficient (Wildman–Crippen LogP) is 5.47. The van der Waals surface area contributed by atoms with Gasteiger partial charge in [-0.15, -0.1) is 11.3 Å². The van der Waals surface area contributed by atoms with Crippen LogP contribution in [0, 0.1) is 0 Å². The van der Waals surface area contributed by atoms with Crippen LogP contribution >= 0.6 is 11.3 Å². The number of halogens is 3. The molecule has 0 N–H and O–H groups in total. The molecule has 0 radical (unpaired) electrons. The van der Waals surface area contributed by atoms with Gasteiger partial charge in [-0.2, -0.15) is 13.2 Å². The van der Waals surface area contributed by atoms with E-state index in [4.69, 9.17) is 4.74 Å². The van der Waals surface area contributed by atoms with Crippen molar-refractivity contribution < 1.29 is 22.7 Å². The lowest BCUT2D eigenvalue weighted by Crippen LogP contribution is -2.44. The standard InChI is InChI=1S/C20H22F3NO2S/c1-2-26-18-10-6-7-11-24(18)13-16(25)17-12-15(14-8-4-3-5-9-14)19(27-17)20(21,22)23/h3-5,8-9,12,18H,2,6-7,10-11,13H2,1H3. The lowest BCUT2D eigenvalue weighted by molar-refractivity contribution is -0.133. The van der Waals surface area contributed by atoms with Gasteiger partial charge in [0.1, 0.15) is 11.1 Å². The fraction of sp³-hybridized carbons (Fsp3) is 0.450. The number of thiophene rings is 1. The molecule has 0 spiro atoms. The summed E-state index contributed by atoms with van der Waals surface area (Å²) in [5, 5.41) is 0. The maximum Gasteiger partial charge on any atom is 0.426 e. The van der Waals surface area contributed by atoms with Gasteiger partial charge in [0.05, 0.1) is 11.4 Å². The number of carbonyl (C=O) groups is 1. The minimum absolute atomic E-state index is 0.0662. The van der Waals surface area contributed by atoms with E-state index in [0.717, 1.165) is 25.8 Å². The highest BCUT2D eigenvalue weighted by atomic mass is 32.1. The predicted molar refractivity (Wildman–Crippen MR) is 99.9 cm³/mol. The van der Waals surface area contributed by atoms with E-state index in [1.807, 2.05) is 11.8 Å². The Bertz CT molecular complexity index is 771. The maximum absolute atomic E-state index is 13.5. The van der Waals surface area contributed by atoms with Crippen LogP contribution in [-0.4, -0.2) is 36.6 Å². The first-order chi connectivity index (χ1) is 12.9. The Labute approximate surface area is 160 Å². The van der Waals surface area contributed by atoms with E-state index in [9.17, 15) is 18.0 Å². The highest BCUT2D eigenvalue weighted by Gasteiger charge is 2.37. The van der Waals surface area contributed by atoms with Crippen molar-refractivity contribution in [3.05, 3.63) is 46.2 Å². The number of ketones is 1. The van der Waals surface area contributed by atoms with Gasteiger partial charge in [-0.05, 0) is 37.8 Å². The third-order valence-electron chi connectivity index (χ3n) is 4.61. The highest BCUT2D eigenvalue weighted by molar-refractivity contribution is 7.14. The number of rotatable bonds is 6. The summed E-state index contributed by atoms with van der Waals surface area (Å²) in [5.74, 6) is -0.292. The summed E-state index contributed by atoms with van der Waals surface area (Å²) in [4.78, 5) is 14.1. The van der Waals surface area contributed by atoms with Gasteiger partial charge in [0.15, 0.2) is 5.78 Å². The van der Waals surface area contributed by atoms with Crippen molar-refractivity contribution in [2.45, 2.75) is 38.6 Å². The van der Waals surface area contributed by atoms with Crippen LogP contribution in [0.15, 0.2) is 36.4 Å². The summed E-state index contributed by atoms with van der Waals surface area (Å²) in [5.41, 5.74) is 0.529. The minimum Gasteiger partial charge on any atom is -0.363 e. The molecule has 1 aliphatic heterocycles. The summed E-state index contributed by atoms with van der Waals surface area (Å²) in [6.07, 6.45) is -1.79. The minimum atomic E-state index is -4.49. The SMILES string of the molecule is CCOC1CCCCN1CC(=O)c1cc(-c2ccccc2)c(C(F)(F)F)s1. The first-order valence-electron chi connectivity index (χ1n) is 9.05. The number of likely N-dealkylation sites (tertiary alicyclic amines) is 1. The topological polar surface area (TPSA) is 29.5 Å². The van der Waals surface area contributed by atoms with E-state index in [-0.39, 0.29) is 29.0 Å². The van der Waals surface area contributed by atoms with Crippen LogP contribution in [0.3, 0.4) is 0 Å². The summed E-state index contributed by atoms with van der Waals surface area (Å²) in [6.45, 7) is 3.25. The number of carbonyl (C=O) groups excluding carboxylic acids is 1. The second-order valence-corrected chi connectivity index (χ2v) is 7.57. The number of hydrogen-bond acceptors (Lipinski definition) is 4. The van der Waals surface area contributed by atoms with E-state index in [2.05, 4.69) is 0 Å². The Morgan fingerprint density at radius 2 is 2.00 bits per heavy atom. The normalized spacial score (nSPS) is 18.6. The molecule has 1 fully saturated rings. The number of hydrogen-bond donors (Lipinski definition) is 0. The Balaban J connectivity index is 1.86. The largest absolute Gasteiger partial charge is 0.426 e. The van der Waals surface area contributed by atoms with Crippen molar-refractivity contribution in [3.63, 3.8) is 0 Å². The Hall–Kier alpha value is -1.70. The quantitative estimate of drug-likeness (QED) is 0.606. The van der Waals surface area contributed by atoms with Crippen molar-refractivity contribution in [2.24, 2.45) is 0 Å². The molecule has 0 amide bonds. The van der Waals surface area contributed by atoms with E-state index in [0.29, 0.717) is 23.5 Å². The maximum atomic E-state index is 13.5. The van der Waals surface area contributed by atoms with E-state index < -0.39 is 11.1 Å². The average molecular weight is 397 g/mol. The van der Waals surface area contributed by atoms with Gasteiger partial charge in [-0.3, -0.25) is 9.69 Å². The summed E-state index contributed by atoms with van der Waals surface area (Å²) in [7, 11) is 0. The van der Waals surface area contributed by atoms with Gasteiger partial charge in [0.2, 0.25) is 0 Å². The van der Waals surface area contributed by atoms with Crippen molar-refractivity contribution in [1.82, 2.24) is 4.90 Å². The molecule has 0 saturated carbocycles. The fourth-order valence-electron chi connectivity index (χ4n) is 3.36. The van der Waals surface area contributed by atoms with Gasteiger partial charge in [-0.1, -0.05) is 30.3 Å². The van der Waals surface area contributed by atoms with Gasteiger partial charge in [0, 0.05) is 18.7 Å². The number of piperidine rings is 1. The lowest BCUT2D eigenvalue weighted by atomic mass is 10.1. The molecule has 3 nitrogen and oxygen atoms in total. The summed E-state index contributed by atoms with van der Waals surface area (Å²) in [6, 6.07) is 9.76. The molecule has 27 heavy (non-hydrogen) atoms. The zero-order valence-electron chi connectivity index (χ0n) is 15.1.